The van der Waals surface area contributed by atoms with Gasteiger partial charge in [0.1, 0.15) is 11.2 Å². The second-order valence-electron chi connectivity index (χ2n) is 4.83. The van der Waals surface area contributed by atoms with Crippen LogP contribution in [0.15, 0.2) is 51.8 Å². The number of fused-ring (bicyclic) bond motifs is 3. The molecule has 0 unspecified atom stereocenters. The summed E-state index contributed by atoms with van der Waals surface area (Å²) in [6.07, 6.45) is 0. The Bertz CT molecular complexity index is 776. The smallest absolute Gasteiger partial charge is 0.232 e. The minimum Gasteiger partial charge on any atom is -0.456 e. The molecule has 0 bridgehead atoms. The molecule has 0 atom stereocenters. The van der Waals surface area contributed by atoms with E-state index in [0.717, 1.165) is 26.8 Å². The molecule has 0 fully saturated rings. The highest BCUT2D eigenvalue weighted by molar-refractivity contribution is 8.00. The first kappa shape index (κ1) is 13.1. The number of carbonyl (C=O) groups excluding carboxylic acids is 1. The molecule has 1 aromatic heterocycles. The fourth-order valence-corrected chi connectivity index (χ4v) is 2.98. The van der Waals surface area contributed by atoms with Gasteiger partial charge in [0.25, 0.3) is 0 Å². The second kappa shape index (κ2) is 5.21. The van der Waals surface area contributed by atoms with Crippen LogP contribution in [0.1, 0.15) is 0 Å². The lowest BCUT2D eigenvalue weighted by molar-refractivity contribution is -0.125. The second-order valence-corrected chi connectivity index (χ2v) is 5.88. The van der Waals surface area contributed by atoms with Crippen LogP contribution >= 0.6 is 11.8 Å². The van der Waals surface area contributed by atoms with Crippen molar-refractivity contribution in [2.24, 2.45) is 0 Å². The first-order chi connectivity index (χ1) is 9.65. The quantitative estimate of drug-likeness (QED) is 0.687. The lowest BCUT2D eigenvalue weighted by Gasteiger charge is -2.09. The molecule has 3 rings (SSSR count). The fraction of sp³-hybridized carbons (Fsp3) is 0.188. The van der Waals surface area contributed by atoms with Crippen LogP contribution in [-0.2, 0) is 4.79 Å². The molecule has 102 valence electrons. The summed E-state index contributed by atoms with van der Waals surface area (Å²) in [5, 5.41) is 2.21. The maximum atomic E-state index is 11.6. The van der Waals surface area contributed by atoms with Crippen LogP contribution in [0.25, 0.3) is 21.9 Å². The number of amides is 1. The maximum Gasteiger partial charge on any atom is 0.232 e. The van der Waals surface area contributed by atoms with Gasteiger partial charge >= 0.3 is 0 Å². The molecule has 0 N–H and O–H groups in total. The predicted octanol–water partition coefficient (Wildman–Crippen LogP) is 3.77. The topological polar surface area (TPSA) is 33.5 Å². The van der Waals surface area contributed by atoms with E-state index in [1.54, 1.807) is 30.8 Å². The molecule has 0 aliphatic rings. The summed E-state index contributed by atoms with van der Waals surface area (Å²) >= 11 is 1.55. The number of benzene rings is 2. The molecule has 20 heavy (non-hydrogen) atoms. The number of para-hydroxylation sites is 1. The highest BCUT2D eigenvalue weighted by Crippen LogP contribution is 2.31. The van der Waals surface area contributed by atoms with Gasteiger partial charge in [0.15, 0.2) is 0 Å². The summed E-state index contributed by atoms with van der Waals surface area (Å²) < 4.78 is 5.79. The van der Waals surface area contributed by atoms with Crippen LogP contribution in [0.3, 0.4) is 0 Å². The summed E-state index contributed by atoms with van der Waals surface area (Å²) in [4.78, 5) is 14.3. The monoisotopic (exact) mass is 285 g/mol. The Balaban J connectivity index is 1.93. The Morgan fingerprint density at radius 1 is 1.10 bits per heavy atom. The molecule has 0 saturated carbocycles. The van der Waals surface area contributed by atoms with Crippen LogP contribution in [-0.4, -0.2) is 30.7 Å². The van der Waals surface area contributed by atoms with Crippen molar-refractivity contribution in [1.29, 1.82) is 0 Å². The largest absolute Gasteiger partial charge is 0.456 e. The molecule has 4 heteroatoms. The summed E-state index contributed by atoms with van der Waals surface area (Å²) in [5.74, 6) is 0.570. The van der Waals surface area contributed by atoms with Crippen molar-refractivity contribution in [1.82, 2.24) is 4.90 Å². The fourth-order valence-electron chi connectivity index (χ4n) is 2.07. The van der Waals surface area contributed by atoms with Crippen molar-refractivity contribution >= 4 is 39.6 Å². The number of hydrogen-bond acceptors (Lipinski definition) is 3. The number of rotatable bonds is 3. The molecule has 0 radical (unpaired) electrons. The van der Waals surface area contributed by atoms with E-state index in [9.17, 15) is 4.79 Å². The molecule has 3 nitrogen and oxygen atoms in total. The SMILES string of the molecule is CN(C)C(=O)CSc1ccc2oc3ccccc3c2c1. The van der Waals surface area contributed by atoms with Gasteiger partial charge in [-0.2, -0.15) is 0 Å². The van der Waals surface area contributed by atoms with Crippen LogP contribution in [0.5, 0.6) is 0 Å². The van der Waals surface area contributed by atoms with Gasteiger partial charge in [0.2, 0.25) is 5.91 Å². The average Bonchev–Trinajstić information content (AvgIpc) is 2.82. The Morgan fingerprint density at radius 2 is 1.85 bits per heavy atom. The van der Waals surface area contributed by atoms with E-state index in [4.69, 9.17) is 4.42 Å². The minimum absolute atomic E-state index is 0.118. The van der Waals surface area contributed by atoms with Crippen molar-refractivity contribution in [2.75, 3.05) is 19.8 Å². The summed E-state index contributed by atoms with van der Waals surface area (Å²) in [5.41, 5.74) is 1.78. The van der Waals surface area contributed by atoms with Crippen molar-refractivity contribution < 1.29 is 9.21 Å². The Labute approximate surface area is 121 Å². The van der Waals surface area contributed by atoms with Gasteiger partial charge in [-0.25, -0.2) is 0 Å². The highest BCUT2D eigenvalue weighted by atomic mass is 32.2. The highest BCUT2D eigenvalue weighted by Gasteiger charge is 2.09. The third-order valence-corrected chi connectivity index (χ3v) is 4.19. The van der Waals surface area contributed by atoms with Gasteiger partial charge in [0, 0.05) is 29.8 Å². The van der Waals surface area contributed by atoms with Gasteiger partial charge in [-0.05, 0) is 24.3 Å². The van der Waals surface area contributed by atoms with Crippen LogP contribution in [0.2, 0.25) is 0 Å². The normalized spacial score (nSPS) is 11.1. The summed E-state index contributed by atoms with van der Waals surface area (Å²) in [6, 6.07) is 14.1. The van der Waals surface area contributed by atoms with Crippen molar-refractivity contribution in [3.05, 3.63) is 42.5 Å². The Hall–Kier alpha value is -1.94. The molecule has 0 aliphatic heterocycles. The molecule has 0 spiro atoms. The van der Waals surface area contributed by atoms with E-state index in [1.165, 1.54) is 0 Å². The van der Waals surface area contributed by atoms with Gasteiger partial charge < -0.3 is 9.32 Å². The minimum atomic E-state index is 0.118. The number of hydrogen-bond donors (Lipinski definition) is 0. The standard InChI is InChI=1S/C16H15NO2S/c1-17(2)16(18)10-20-11-7-8-15-13(9-11)12-5-3-4-6-14(12)19-15/h3-9H,10H2,1-2H3. The van der Waals surface area contributed by atoms with Crippen LogP contribution < -0.4 is 0 Å². The van der Waals surface area contributed by atoms with Gasteiger partial charge in [-0.1, -0.05) is 18.2 Å². The molecular formula is C16H15NO2S. The van der Waals surface area contributed by atoms with E-state index < -0.39 is 0 Å². The molecule has 1 amide bonds. The number of thioether (sulfide) groups is 1. The number of carbonyl (C=O) groups is 1. The Kier molecular flexibility index (Phi) is 3.40. The molecule has 3 aromatic rings. The predicted molar refractivity (Wildman–Crippen MR) is 83.1 cm³/mol. The summed E-state index contributed by atoms with van der Waals surface area (Å²) in [6.45, 7) is 0. The first-order valence-corrected chi connectivity index (χ1v) is 7.38. The average molecular weight is 285 g/mol. The van der Waals surface area contributed by atoms with E-state index in [-0.39, 0.29) is 5.91 Å². The Morgan fingerprint density at radius 3 is 2.65 bits per heavy atom. The molecule has 0 saturated heterocycles. The van der Waals surface area contributed by atoms with E-state index >= 15 is 0 Å². The molecule has 0 aliphatic carbocycles. The summed E-state index contributed by atoms with van der Waals surface area (Å²) in [7, 11) is 3.55. The van der Waals surface area contributed by atoms with E-state index in [1.807, 2.05) is 30.3 Å². The van der Waals surface area contributed by atoms with Crippen LogP contribution in [0.4, 0.5) is 0 Å². The van der Waals surface area contributed by atoms with Gasteiger partial charge in [0.05, 0.1) is 5.75 Å². The lowest BCUT2D eigenvalue weighted by atomic mass is 10.1. The van der Waals surface area contributed by atoms with Gasteiger partial charge in [-0.15, -0.1) is 11.8 Å². The van der Waals surface area contributed by atoms with Crippen molar-refractivity contribution in [2.45, 2.75) is 4.90 Å². The van der Waals surface area contributed by atoms with Crippen LogP contribution in [0, 0.1) is 0 Å². The van der Waals surface area contributed by atoms with Gasteiger partial charge in [-0.3, -0.25) is 4.79 Å². The molecule has 2 aromatic carbocycles. The number of nitrogens with zero attached hydrogens (tertiary/aromatic N) is 1. The zero-order chi connectivity index (χ0) is 14.1. The van der Waals surface area contributed by atoms with E-state index in [0.29, 0.717) is 5.75 Å². The first-order valence-electron chi connectivity index (χ1n) is 6.39. The molecular weight excluding hydrogens is 270 g/mol. The third-order valence-electron chi connectivity index (χ3n) is 3.21. The zero-order valence-electron chi connectivity index (χ0n) is 11.4. The van der Waals surface area contributed by atoms with Crippen molar-refractivity contribution in [3.63, 3.8) is 0 Å². The maximum absolute atomic E-state index is 11.6. The zero-order valence-corrected chi connectivity index (χ0v) is 12.2. The third kappa shape index (κ3) is 2.39. The van der Waals surface area contributed by atoms with Crippen molar-refractivity contribution in [3.8, 4) is 0 Å². The number of furan rings is 1. The molecule has 1 heterocycles. The van der Waals surface area contributed by atoms with E-state index in [2.05, 4.69) is 12.1 Å². The lowest BCUT2D eigenvalue weighted by Crippen LogP contribution is -2.23.